The van der Waals surface area contributed by atoms with Gasteiger partial charge in [-0.2, -0.15) is 13.2 Å². The maximum atomic E-state index is 12.7. The van der Waals surface area contributed by atoms with Gasteiger partial charge in [0.25, 0.3) is 5.91 Å². The molecule has 0 aromatic heterocycles. The van der Waals surface area contributed by atoms with E-state index in [1.807, 2.05) is 18.4 Å². The van der Waals surface area contributed by atoms with Crippen LogP contribution in [0.4, 0.5) is 13.2 Å². The molecule has 1 amide bonds. The fraction of sp³-hybridized carbons (Fsp3) is 0.235. The highest BCUT2D eigenvalue weighted by atomic mass is 32.2. The van der Waals surface area contributed by atoms with Crippen LogP contribution in [0.1, 0.15) is 21.5 Å². The first kappa shape index (κ1) is 17.4. The average Bonchev–Trinajstić information content (AvgIpc) is 2.53. The number of thioether (sulfide) groups is 1. The number of hydrogen-bond acceptors (Lipinski definition) is 2. The molecule has 0 aliphatic carbocycles. The van der Waals surface area contributed by atoms with E-state index in [0.29, 0.717) is 11.1 Å². The minimum atomic E-state index is -4.38. The van der Waals surface area contributed by atoms with Crippen molar-refractivity contribution in [2.75, 3.05) is 13.3 Å². The minimum absolute atomic E-state index is 0.118. The molecule has 0 fully saturated rings. The van der Waals surface area contributed by atoms with Crippen molar-refractivity contribution >= 4 is 17.7 Å². The molecule has 2 nitrogen and oxygen atoms in total. The Morgan fingerprint density at radius 3 is 2.35 bits per heavy atom. The van der Waals surface area contributed by atoms with Crippen LogP contribution in [-0.4, -0.2) is 24.1 Å². The minimum Gasteiger partial charge on any atom is -0.337 e. The van der Waals surface area contributed by atoms with Gasteiger partial charge in [0, 0.05) is 24.1 Å². The average molecular weight is 339 g/mol. The van der Waals surface area contributed by atoms with Crippen LogP contribution in [-0.2, 0) is 12.7 Å². The van der Waals surface area contributed by atoms with Crippen LogP contribution < -0.4 is 0 Å². The lowest BCUT2D eigenvalue weighted by molar-refractivity contribution is -0.137. The molecule has 2 aromatic rings. The second kappa shape index (κ2) is 7.08. The lowest BCUT2D eigenvalue weighted by atomic mass is 10.1. The summed E-state index contributed by atoms with van der Waals surface area (Å²) >= 11 is 1.57. The van der Waals surface area contributed by atoms with Crippen LogP contribution in [0.25, 0.3) is 0 Å². The van der Waals surface area contributed by atoms with Gasteiger partial charge in [-0.3, -0.25) is 4.79 Å². The Morgan fingerprint density at radius 1 is 1.13 bits per heavy atom. The molecule has 0 heterocycles. The maximum Gasteiger partial charge on any atom is 0.416 e. The molecule has 23 heavy (non-hydrogen) atoms. The van der Waals surface area contributed by atoms with E-state index in [0.717, 1.165) is 17.0 Å². The summed E-state index contributed by atoms with van der Waals surface area (Å²) in [5, 5.41) is 0. The van der Waals surface area contributed by atoms with Crippen LogP contribution in [0.15, 0.2) is 53.4 Å². The van der Waals surface area contributed by atoms with E-state index in [4.69, 9.17) is 0 Å². The van der Waals surface area contributed by atoms with Gasteiger partial charge in [-0.05, 0) is 48.2 Å². The number of carbonyl (C=O) groups is 1. The van der Waals surface area contributed by atoms with Crippen molar-refractivity contribution < 1.29 is 18.0 Å². The van der Waals surface area contributed by atoms with Crippen LogP contribution in [0.2, 0.25) is 0 Å². The van der Waals surface area contributed by atoms with Crippen LogP contribution in [0.3, 0.4) is 0 Å². The van der Waals surface area contributed by atoms with Gasteiger partial charge in [-0.25, -0.2) is 0 Å². The Kier molecular flexibility index (Phi) is 5.36. The van der Waals surface area contributed by atoms with E-state index in [9.17, 15) is 18.0 Å². The number of amides is 1. The number of nitrogens with zero attached hydrogens (tertiary/aromatic N) is 1. The van der Waals surface area contributed by atoms with Gasteiger partial charge >= 0.3 is 6.18 Å². The Labute approximate surface area is 137 Å². The van der Waals surface area contributed by atoms with E-state index in [1.165, 1.54) is 11.0 Å². The summed E-state index contributed by atoms with van der Waals surface area (Å²) in [6.07, 6.45) is -2.44. The molecule has 0 spiro atoms. The van der Waals surface area contributed by atoms with Crippen molar-refractivity contribution in [1.29, 1.82) is 0 Å². The third kappa shape index (κ3) is 4.51. The fourth-order valence-corrected chi connectivity index (χ4v) is 2.55. The number of carbonyl (C=O) groups excluding carboxylic acids is 1. The number of benzene rings is 2. The SMILES string of the molecule is CSc1ccc(C(=O)N(C)Cc2cccc(C(F)(F)F)c2)cc1. The van der Waals surface area contributed by atoms with E-state index in [2.05, 4.69) is 0 Å². The molecule has 0 bridgehead atoms. The van der Waals surface area contributed by atoms with Crippen molar-refractivity contribution in [2.45, 2.75) is 17.6 Å². The molecular formula is C17H16F3NOS. The molecule has 0 aliphatic rings. The van der Waals surface area contributed by atoms with Gasteiger partial charge in [0.05, 0.1) is 5.56 Å². The van der Waals surface area contributed by atoms with Crippen molar-refractivity contribution in [3.05, 3.63) is 65.2 Å². The van der Waals surface area contributed by atoms with Crippen LogP contribution in [0, 0.1) is 0 Å². The highest BCUT2D eigenvalue weighted by Gasteiger charge is 2.30. The number of hydrogen-bond donors (Lipinski definition) is 0. The fourth-order valence-electron chi connectivity index (χ4n) is 2.15. The second-order valence-electron chi connectivity index (χ2n) is 5.09. The largest absolute Gasteiger partial charge is 0.416 e. The molecule has 0 saturated carbocycles. The number of halogens is 3. The van der Waals surface area contributed by atoms with Gasteiger partial charge in [-0.1, -0.05) is 12.1 Å². The zero-order valence-corrected chi connectivity index (χ0v) is 13.5. The number of rotatable bonds is 4. The van der Waals surface area contributed by atoms with Crippen molar-refractivity contribution in [3.8, 4) is 0 Å². The molecule has 0 saturated heterocycles. The van der Waals surface area contributed by atoms with Gasteiger partial charge in [0.2, 0.25) is 0 Å². The van der Waals surface area contributed by atoms with Gasteiger partial charge in [0.15, 0.2) is 0 Å². The van der Waals surface area contributed by atoms with E-state index >= 15 is 0 Å². The van der Waals surface area contributed by atoms with Crippen LogP contribution in [0.5, 0.6) is 0 Å². The molecule has 0 aliphatic heterocycles. The summed E-state index contributed by atoms with van der Waals surface area (Å²) < 4.78 is 38.2. The lowest BCUT2D eigenvalue weighted by Gasteiger charge is -2.18. The third-order valence-electron chi connectivity index (χ3n) is 3.36. The van der Waals surface area contributed by atoms with E-state index in [-0.39, 0.29) is 12.5 Å². The second-order valence-corrected chi connectivity index (χ2v) is 5.97. The molecule has 0 N–H and O–H groups in total. The maximum absolute atomic E-state index is 12.7. The summed E-state index contributed by atoms with van der Waals surface area (Å²) in [6.45, 7) is 0.118. The molecule has 2 aromatic carbocycles. The predicted octanol–water partition coefficient (Wildman–Crippen LogP) is 4.70. The Bertz CT molecular complexity index is 683. The monoisotopic (exact) mass is 339 g/mol. The first-order chi connectivity index (χ1) is 10.8. The van der Waals surface area contributed by atoms with E-state index in [1.54, 1.807) is 37.0 Å². The van der Waals surface area contributed by atoms with Crippen molar-refractivity contribution in [2.24, 2.45) is 0 Å². The predicted molar refractivity (Wildman–Crippen MR) is 85.5 cm³/mol. The summed E-state index contributed by atoms with van der Waals surface area (Å²) in [7, 11) is 1.57. The summed E-state index contributed by atoms with van der Waals surface area (Å²) in [6, 6.07) is 12.1. The number of alkyl halides is 3. The molecule has 0 unspecified atom stereocenters. The summed E-state index contributed by atoms with van der Waals surface area (Å²) in [4.78, 5) is 14.8. The zero-order valence-electron chi connectivity index (χ0n) is 12.7. The topological polar surface area (TPSA) is 20.3 Å². The molecule has 0 radical (unpaired) electrons. The van der Waals surface area contributed by atoms with Gasteiger partial charge < -0.3 is 4.90 Å². The molecule has 6 heteroatoms. The molecule has 122 valence electrons. The van der Waals surface area contributed by atoms with Crippen LogP contribution >= 0.6 is 11.8 Å². The normalized spacial score (nSPS) is 11.3. The van der Waals surface area contributed by atoms with Gasteiger partial charge in [-0.15, -0.1) is 11.8 Å². The smallest absolute Gasteiger partial charge is 0.337 e. The first-order valence-corrected chi connectivity index (χ1v) is 8.09. The standard InChI is InChI=1S/C17H16F3NOS/c1-21(16(22)13-6-8-15(23-2)9-7-13)11-12-4-3-5-14(10-12)17(18,19)20/h3-10H,11H2,1-2H3. The summed E-state index contributed by atoms with van der Waals surface area (Å²) in [5.74, 6) is -0.227. The Hall–Kier alpha value is -1.95. The zero-order chi connectivity index (χ0) is 17.0. The molecular weight excluding hydrogens is 323 g/mol. The quantitative estimate of drug-likeness (QED) is 0.753. The molecule has 2 rings (SSSR count). The highest BCUT2D eigenvalue weighted by molar-refractivity contribution is 7.98. The van der Waals surface area contributed by atoms with Gasteiger partial charge in [0.1, 0.15) is 0 Å². The van der Waals surface area contributed by atoms with E-state index < -0.39 is 11.7 Å². The third-order valence-corrected chi connectivity index (χ3v) is 4.10. The van der Waals surface area contributed by atoms with Crippen molar-refractivity contribution in [3.63, 3.8) is 0 Å². The Morgan fingerprint density at radius 2 is 1.78 bits per heavy atom. The highest BCUT2D eigenvalue weighted by Crippen LogP contribution is 2.29. The first-order valence-electron chi connectivity index (χ1n) is 6.87. The lowest BCUT2D eigenvalue weighted by Crippen LogP contribution is -2.26. The molecule has 0 atom stereocenters. The summed E-state index contributed by atoms with van der Waals surface area (Å²) in [5.41, 5.74) is 0.244. The van der Waals surface area contributed by atoms with Crippen molar-refractivity contribution in [1.82, 2.24) is 4.90 Å². The Balaban J connectivity index is 2.11.